The molecule has 0 heterocycles. The van der Waals surface area contributed by atoms with Crippen LogP contribution in [0.2, 0.25) is 0 Å². The molecule has 0 saturated carbocycles. The van der Waals surface area contributed by atoms with Crippen molar-refractivity contribution in [3.8, 4) is 0 Å². The fourth-order valence-electron chi connectivity index (χ4n) is 1.63. The highest BCUT2D eigenvalue weighted by molar-refractivity contribution is 5.79. The Labute approximate surface area is 109 Å². The average molecular weight is 249 g/mol. The van der Waals surface area contributed by atoms with Crippen LogP contribution < -0.4 is 11.1 Å². The Morgan fingerprint density at radius 2 is 2.06 bits per heavy atom. The Balaban J connectivity index is 2.68. The molecule has 0 aromatic heterocycles. The summed E-state index contributed by atoms with van der Waals surface area (Å²) in [7, 11) is 4.12. The van der Waals surface area contributed by atoms with Crippen LogP contribution in [0.25, 0.3) is 0 Å². The van der Waals surface area contributed by atoms with E-state index in [1.807, 2.05) is 12.1 Å². The average Bonchev–Trinajstić information content (AvgIpc) is 2.35. The van der Waals surface area contributed by atoms with Gasteiger partial charge in [0.25, 0.3) is 0 Å². The predicted molar refractivity (Wildman–Crippen MR) is 74.0 cm³/mol. The van der Waals surface area contributed by atoms with Crippen LogP contribution in [-0.2, 0) is 11.3 Å². The first kappa shape index (κ1) is 14.7. The number of hydrogen-bond acceptors (Lipinski definition) is 3. The van der Waals surface area contributed by atoms with E-state index in [0.717, 1.165) is 5.56 Å². The Bertz CT molecular complexity index is 404. The van der Waals surface area contributed by atoms with Crippen molar-refractivity contribution in [2.75, 3.05) is 14.1 Å². The smallest absolute Gasteiger partial charge is 0.234 e. The van der Waals surface area contributed by atoms with Crippen LogP contribution >= 0.6 is 0 Å². The zero-order valence-electron chi connectivity index (χ0n) is 11.6. The summed E-state index contributed by atoms with van der Waals surface area (Å²) in [5.74, 6) is -0.326. The number of primary amides is 1. The lowest BCUT2D eigenvalue weighted by Gasteiger charge is -2.21. The molecule has 1 amide bonds. The standard InChI is InChI=1S/C14H23N3O/c1-10(14(15)18)16-9-12-6-5-7-13(8-12)11(2)17(3)4/h5-8,10-11,16H,9H2,1-4H3,(H2,15,18)/t10-,11?/m0/s1. The lowest BCUT2D eigenvalue weighted by molar-refractivity contribution is -0.119. The number of rotatable bonds is 6. The number of nitrogens with one attached hydrogen (secondary N) is 1. The number of nitrogens with zero attached hydrogens (tertiary/aromatic N) is 1. The molecular formula is C14H23N3O. The lowest BCUT2D eigenvalue weighted by Crippen LogP contribution is -2.38. The second-order valence-electron chi connectivity index (χ2n) is 4.89. The Morgan fingerprint density at radius 1 is 1.39 bits per heavy atom. The summed E-state index contributed by atoms with van der Waals surface area (Å²) in [5.41, 5.74) is 7.64. The normalized spacial score (nSPS) is 14.5. The Morgan fingerprint density at radius 3 is 2.61 bits per heavy atom. The van der Waals surface area contributed by atoms with Gasteiger partial charge >= 0.3 is 0 Å². The molecule has 0 aliphatic carbocycles. The van der Waals surface area contributed by atoms with E-state index in [0.29, 0.717) is 12.6 Å². The number of amides is 1. The van der Waals surface area contributed by atoms with Crippen molar-refractivity contribution in [3.63, 3.8) is 0 Å². The second kappa shape index (κ2) is 6.52. The summed E-state index contributed by atoms with van der Waals surface area (Å²) < 4.78 is 0. The molecule has 1 unspecified atom stereocenters. The number of carbonyl (C=O) groups excluding carboxylic acids is 1. The summed E-state index contributed by atoms with van der Waals surface area (Å²) in [5, 5.41) is 3.11. The third-order valence-corrected chi connectivity index (χ3v) is 3.25. The summed E-state index contributed by atoms with van der Waals surface area (Å²) in [6, 6.07) is 8.43. The molecule has 3 N–H and O–H groups in total. The molecule has 0 saturated heterocycles. The van der Waals surface area contributed by atoms with Gasteiger partial charge in [0.05, 0.1) is 6.04 Å². The number of carbonyl (C=O) groups is 1. The first-order valence-corrected chi connectivity index (χ1v) is 6.19. The van der Waals surface area contributed by atoms with Gasteiger partial charge in [-0.15, -0.1) is 0 Å². The Hall–Kier alpha value is -1.39. The maximum atomic E-state index is 10.9. The van der Waals surface area contributed by atoms with Crippen molar-refractivity contribution in [1.82, 2.24) is 10.2 Å². The lowest BCUT2D eigenvalue weighted by atomic mass is 10.0. The molecule has 1 aromatic rings. The second-order valence-corrected chi connectivity index (χ2v) is 4.89. The largest absolute Gasteiger partial charge is 0.368 e. The third kappa shape index (κ3) is 4.13. The predicted octanol–water partition coefficient (Wildman–Crippen LogP) is 1.27. The molecule has 0 aliphatic rings. The van der Waals surface area contributed by atoms with Gasteiger partial charge in [0, 0.05) is 12.6 Å². The van der Waals surface area contributed by atoms with Gasteiger partial charge in [0.2, 0.25) is 5.91 Å². The van der Waals surface area contributed by atoms with Gasteiger partial charge in [-0.1, -0.05) is 24.3 Å². The van der Waals surface area contributed by atoms with Crippen LogP contribution in [0.4, 0.5) is 0 Å². The van der Waals surface area contributed by atoms with Crippen LogP contribution in [0.1, 0.15) is 31.0 Å². The van der Waals surface area contributed by atoms with Crippen molar-refractivity contribution in [1.29, 1.82) is 0 Å². The molecule has 18 heavy (non-hydrogen) atoms. The fourth-order valence-corrected chi connectivity index (χ4v) is 1.63. The third-order valence-electron chi connectivity index (χ3n) is 3.25. The van der Waals surface area contributed by atoms with Gasteiger partial charge in [0.1, 0.15) is 0 Å². The highest BCUT2D eigenvalue weighted by atomic mass is 16.1. The van der Waals surface area contributed by atoms with Crippen LogP contribution in [0.15, 0.2) is 24.3 Å². The van der Waals surface area contributed by atoms with Gasteiger partial charge < -0.3 is 16.0 Å². The molecule has 0 spiro atoms. The molecule has 1 aromatic carbocycles. The van der Waals surface area contributed by atoms with Crippen molar-refractivity contribution in [2.45, 2.75) is 32.5 Å². The minimum Gasteiger partial charge on any atom is -0.368 e. The monoisotopic (exact) mass is 249 g/mol. The molecule has 0 fully saturated rings. The summed E-state index contributed by atoms with van der Waals surface area (Å²) in [6.45, 7) is 4.59. The topological polar surface area (TPSA) is 58.4 Å². The first-order valence-electron chi connectivity index (χ1n) is 6.19. The molecule has 4 heteroatoms. The van der Waals surface area contributed by atoms with Crippen molar-refractivity contribution in [2.24, 2.45) is 5.73 Å². The zero-order chi connectivity index (χ0) is 13.7. The van der Waals surface area contributed by atoms with Gasteiger partial charge in [-0.05, 0) is 39.1 Å². The van der Waals surface area contributed by atoms with E-state index in [4.69, 9.17) is 5.73 Å². The van der Waals surface area contributed by atoms with Gasteiger partial charge in [-0.2, -0.15) is 0 Å². The van der Waals surface area contributed by atoms with Crippen LogP contribution in [0, 0.1) is 0 Å². The maximum Gasteiger partial charge on any atom is 0.234 e. The Kier molecular flexibility index (Phi) is 5.31. The molecule has 0 bridgehead atoms. The van der Waals surface area contributed by atoms with E-state index < -0.39 is 0 Å². The van der Waals surface area contributed by atoms with Crippen LogP contribution in [-0.4, -0.2) is 30.9 Å². The molecule has 0 aliphatic heterocycles. The molecule has 100 valence electrons. The molecule has 2 atom stereocenters. The maximum absolute atomic E-state index is 10.9. The van der Waals surface area contributed by atoms with Crippen molar-refractivity contribution < 1.29 is 4.79 Å². The van der Waals surface area contributed by atoms with E-state index in [1.54, 1.807) is 6.92 Å². The van der Waals surface area contributed by atoms with E-state index in [9.17, 15) is 4.79 Å². The van der Waals surface area contributed by atoms with Crippen molar-refractivity contribution >= 4 is 5.91 Å². The highest BCUT2D eigenvalue weighted by Crippen LogP contribution is 2.18. The number of nitrogens with two attached hydrogens (primary N) is 1. The molecule has 0 radical (unpaired) electrons. The quantitative estimate of drug-likeness (QED) is 0.798. The van der Waals surface area contributed by atoms with Crippen LogP contribution in [0.5, 0.6) is 0 Å². The zero-order valence-corrected chi connectivity index (χ0v) is 11.6. The van der Waals surface area contributed by atoms with E-state index >= 15 is 0 Å². The summed E-state index contributed by atoms with van der Waals surface area (Å²) in [4.78, 5) is 13.1. The van der Waals surface area contributed by atoms with Crippen molar-refractivity contribution in [3.05, 3.63) is 35.4 Å². The van der Waals surface area contributed by atoms with Gasteiger partial charge in [-0.3, -0.25) is 4.79 Å². The van der Waals surface area contributed by atoms with E-state index in [-0.39, 0.29) is 11.9 Å². The molecular weight excluding hydrogens is 226 g/mol. The number of hydrogen-bond donors (Lipinski definition) is 2. The van der Waals surface area contributed by atoms with Crippen LogP contribution in [0.3, 0.4) is 0 Å². The summed E-state index contributed by atoms with van der Waals surface area (Å²) in [6.07, 6.45) is 0. The molecule has 4 nitrogen and oxygen atoms in total. The SMILES string of the molecule is CC(c1cccc(CN[C@@H](C)C(N)=O)c1)N(C)C. The number of benzene rings is 1. The minimum atomic E-state index is -0.326. The fraction of sp³-hybridized carbons (Fsp3) is 0.500. The van der Waals surface area contributed by atoms with Gasteiger partial charge in [-0.25, -0.2) is 0 Å². The van der Waals surface area contributed by atoms with Gasteiger partial charge in [0.15, 0.2) is 0 Å². The van der Waals surface area contributed by atoms with E-state index in [1.165, 1.54) is 5.56 Å². The first-order chi connectivity index (χ1) is 8.41. The van der Waals surface area contributed by atoms with E-state index in [2.05, 4.69) is 43.4 Å². The molecule has 1 rings (SSSR count). The summed E-state index contributed by atoms with van der Waals surface area (Å²) >= 11 is 0. The minimum absolute atomic E-state index is 0.306. The highest BCUT2D eigenvalue weighted by Gasteiger charge is 2.10.